The van der Waals surface area contributed by atoms with Gasteiger partial charge >= 0.3 is 7.32 Å². The van der Waals surface area contributed by atoms with E-state index in [9.17, 15) is 0 Å². The maximum atomic E-state index is 6.55. The van der Waals surface area contributed by atoms with Gasteiger partial charge in [-0.3, -0.25) is 0 Å². The largest absolute Gasteiger partial charge is 0.777 e. The first-order chi connectivity index (χ1) is 14.1. The van der Waals surface area contributed by atoms with Crippen molar-refractivity contribution >= 4 is 20.8 Å². The third-order valence-electron chi connectivity index (χ3n) is 4.81. The molecular weight excluding hydrogens is 375 g/mol. The van der Waals surface area contributed by atoms with E-state index in [0.717, 1.165) is 17.9 Å². The molecule has 150 valence electrons. The topological polar surface area (TPSA) is 27.7 Å². The molecule has 3 aromatic rings. The van der Waals surface area contributed by atoms with Crippen molar-refractivity contribution in [3.8, 4) is 11.5 Å². The average Bonchev–Trinajstić information content (AvgIpc) is 2.73. The fourth-order valence-electron chi connectivity index (χ4n) is 3.29. The van der Waals surface area contributed by atoms with Crippen molar-refractivity contribution in [3.05, 3.63) is 90.5 Å². The quantitative estimate of drug-likeness (QED) is 0.412. The molecule has 3 nitrogen and oxygen atoms in total. The summed E-state index contributed by atoms with van der Waals surface area (Å²) in [5.41, 5.74) is 1.36. The molecule has 0 unspecified atom stereocenters. The average molecular weight is 404 g/mol. The van der Waals surface area contributed by atoms with Crippen LogP contribution in [0.25, 0.3) is 0 Å². The van der Waals surface area contributed by atoms with E-state index in [4.69, 9.17) is 13.7 Å². The van der Waals surface area contributed by atoms with Crippen molar-refractivity contribution in [1.29, 1.82) is 0 Å². The van der Waals surface area contributed by atoms with E-state index in [2.05, 4.69) is 44.3 Å². The fourth-order valence-corrected chi connectivity index (χ4v) is 5.47. The molecule has 0 bridgehead atoms. The molecule has 29 heavy (non-hydrogen) atoms. The Kier molecular flexibility index (Phi) is 7.56. The van der Waals surface area contributed by atoms with E-state index in [1.807, 2.05) is 60.7 Å². The summed E-state index contributed by atoms with van der Waals surface area (Å²) in [4.78, 5) is 0. The van der Waals surface area contributed by atoms with Crippen molar-refractivity contribution in [2.45, 2.75) is 39.3 Å². The van der Waals surface area contributed by atoms with Gasteiger partial charge in [-0.05, 0) is 61.0 Å². The van der Waals surface area contributed by atoms with Gasteiger partial charge in [0.2, 0.25) is 8.32 Å². The molecule has 0 aliphatic carbocycles. The van der Waals surface area contributed by atoms with E-state index >= 15 is 0 Å². The SMILES string of the molecule is CCCCc1ccccc1[Si](C)(C)OB(Oc1ccccc1)Oc1ccccc1. The molecule has 0 aliphatic heterocycles. The Hall–Kier alpha value is -2.50. The maximum Gasteiger partial charge on any atom is 0.777 e. The highest BCUT2D eigenvalue weighted by molar-refractivity contribution is 6.88. The monoisotopic (exact) mass is 404 g/mol. The fraction of sp³-hybridized carbons (Fsp3) is 0.250. The second kappa shape index (κ2) is 10.3. The highest BCUT2D eigenvalue weighted by Crippen LogP contribution is 2.19. The van der Waals surface area contributed by atoms with Gasteiger partial charge in [0, 0.05) is 0 Å². The number of para-hydroxylation sites is 2. The molecule has 5 heteroatoms. The number of rotatable bonds is 10. The van der Waals surface area contributed by atoms with E-state index in [-0.39, 0.29) is 0 Å². The first kappa shape index (κ1) is 21.2. The van der Waals surface area contributed by atoms with Gasteiger partial charge in [-0.15, -0.1) is 0 Å². The smallest absolute Gasteiger partial charge is 0.501 e. The van der Waals surface area contributed by atoms with E-state index in [1.54, 1.807) is 0 Å². The highest BCUT2D eigenvalue weighted by atomic mass is 28.4. The first-order valence-corrected chi connectivity index (χ1v) is 13.2. The summed E-state index contributed by atoms with van der Waals surface area (Å²) in [6.45, 7) is 6.63. The van der Waals surface area contributed by atoms with Gasteiger partial charge in [0.1, 0.15) is 11.5 Å². The Morgan fingerprint density at radius 2 is 1.24 bits per heavy atom. The minimum Gasteiger partial charge on any atom is -0.501 e. The second-order valence-electron chi connectivity index (χ2n) is 7.54. The molecule has 3 aromatic carbocycles. The number of aryl methyl sites for hydroxylation is 1. The predicted octanol–water partition coefficient (Wildman–Crippen LogP) is 5.60. The molecule has 0 atom stereocenters. The molecule has 0 heterocycles. The standard InChI is InChI=1S/C24H29BO3Si/c1-4-5-14-21-15-12-13-20-24(21)29(2,3)28-25(26-22-16-8-6-9-17-22)27-23-18-10-7-11-19-23/h6-13,15-20H,4-5,14H2,1-3H3. The lowest BCUT2D eigenvalue weighted by Crippen LogP contribution is -2.53. The number of hydrogen-bond donors (Lipinski definition) is 0. The summed E-state index contributed by atoms with van der Waals surface area (Å²) >= 11 is 0. The molecular formula is C24H29BO3Si. The van der Waals surface area contributed by atoms with E-state index in [0.29, 0.717) is 0 Å². The molecule has 3 rings (SSSR count). The van der Waals surface area contributed by atoms with E-state index in [1.165, 1.54) is 23.6 Å². The molecule has 0 fully saturated rings. The van der Waals surface area contributed by atoms with Gasteiger partial charge in [0.25, 0.3) is 0 Å². The second-order valence-corrected chi connectivity index (χ2v) is 11.3. The zero-order valence-electron chi connectivity index (χ0n) is 17.5. The number of benzene rings is 3. The Morgan fingerprint density at radius 3 is 1.79 bits per heavy atom. The van der Waals surface area contributed by atoms with Gasteiger partial charge in [-0.25, -0.2) is 0 Å². The molecule has 0 amide bonds. The molecule has 0 saturated carbocycles. The molecule has 0 N–H and O–H groups in total. The van der Waals surface area contributed by atoms with Crippen LogP contribution in [-0.2, 0) is 10.8 Å². The summed E-state index contributed by atoms with van der Waals surface area (Å²) < 4.78 is 18.7. The summed E-state index contributed by atoms with van der Waals surface area (Å²) in [5, 5.41) is 1.30. The molecule has 0 aromatic heterocycles. The third-order valence-corrected chi connectivity index (χ3v) is 7.37. The van der Waals surface area contributed by atoms with Crippen LogP contribution in [0.3, 0.4) is 0 Å². The number of unbranched alkanes of at least 4 members (excludes halogenated alkanes) is 1. The summed E-state index contributed by atoms with van der Waals surface area (Å²) in [6.07, 6.45) is 3.41. The lowest BCUT2D eigenvalue weighted by atomic mass is 10.1. The van der Waals surface area contributed by atoms with Crippen molar-refractivity contribution in [3.63, 3.8) is 0 Å². The van der Waals surface area contributed by atoms with Crippen LogP contribution < -0.4 is 14.5 Å². The number of hydrogen-bond acceptors (Lipinski definition) is 3. The van der Waals surface area contributed by atoms with Gasteiger partial charge in [0.05, 0.1) is 0 Å². The van der Waals surface area contributed by atoms with Crippen LogP contribution in [0.2, 0.25) is 13.1 Å². The molecule has 0 spiro atoms. The Morgan fingerprint density at radius 1 is 0.724 bits per heavy atom. The van der Waals surface area contributed by atoms with Crippen LogP contribution in [0, 0.1) is 0 Å². The summed E-state index contributed by atoms with van der Waals surface area (Å²) in [7, 11) is -3.11. The van der Waals surface area contributed by atoms with Gasteiger partial charge in [-0.1, -0.05) is 74.0 Å². The van der Waals surface area contributed by atoms with Gasteiger partial charge < -0.3 is 13.7 Å². The first-order valence-electron chi connectivity index (χ1n) is 10.3. The molecule has 0 aliphatic rings. The minimum atomic E-state index is -2.29. The molecule has 0 saturated heterocycles. The van der Waals surface area contributed by atoms with Crippen LogP contribution in [0.5, 0.6) is 11.5 Å². The normalized spacial score (nSPS) is 11.1. The Balaban J connectivity index is 1.83. The predicted molar refractivity (Wildman–Crippen MR) is 123 cm³/mol. The maximum absolute atomic E-state index is 6.55. The van der Waals surface area contributed by atoms with E-state index < -0.39 is 15.6 Å². The summed E-state index contributed by atoms with van der Waals surface area (Å²) in [6, 6.07) is 27.9. The minimum absolute atomic E-state index is 0.720. The summed E-state index contributed by atoms with van der Waals surface area (Å²) in [5.74, 6) is 1.44. The highest BCUT2D eigenvalue weighted by Gasteiger charge is 2.38. The molecule has 0 radical (unpaired) electrons. The van der Waals surface area contributed by atoms with Crippen molar-refractivity contribution in [2.75, 3.05) is 0 Å². The van der Waals surface area contributed by atoms with Crippen molar-refractivity contribution < 1.29 is 13.7 Å². The van der Waals surface area contributed by atoms with Crippen LogP contribution in [-0.4, -0.2) is 15.6 Å². The van der Waals surface area contributed by atoms with Gasteiger partial charge in [0.15, 0.2) is 0 Å². The van der Waals surface area contributed by atoms with Crippen LogP contribution in [0.1, 0.15) is 25.3 Å². The Labute approximate surface area is 176 Å². The Bertz CT molecular complexity index is 830. The zero-order valence-corrected chi connectivity index (χ0v) is 18.5. The van der Waals surface area contributed by atoms with Gasteiger partial charge in [-0.2, -0.15) is 0 Å². The third kappa shape index (κ3) is 6.24. The van der Waals surface area contributed by atoms with Crippen LogP contribution in [0.15, 0.2) is 84.9 Å². The lowest BCUT2D eigenvalue weighted by Gasteiger charge is -2.28. The van der Waals surface area contributed by atoms with Crippen LogP contribution >= 0.6 is 0 Å². The van der Waals surface area contributed by atoms with Crippen molar-refractivity contribution in [1.82, 2.24) is 0 Å². The lowest BCUT2D eigenvalue weighted by molar-refractivity contribution is 0.306. The zero-order chi connectivity index (χ0) is 20.5. The van der Waals surface area contributed by atoms with Crippen LogP contribution in [0.4, 0.5) is 0 Å². The van der Waals surface area contributed by atoms with Crippen molar-refractivity contribution in [2.24, 2.45) is 0 Å².